The molecule has 0 saturated carbocycles. The summed E-state index contributed by atoms with van der Waals surface area (Å²) < 4.78 is 5.55. The fourth-order valence-corrected chi connectivity index (χ4v) is 3.79. The van der Waals surface area contributed by atoms with E-state index in [-0.39, 0.29) is 12.0 Å². The first-order valence-electron chi connectivity index (χ1n) is 14.9. The van der Waals surface area contributed by atoms with Crippen molar-refractivity contribution < 1.29 is 14.3 Å². The molecule has 2 aliphatic rings. The van der Waals surface area contributed by atoms with Gasteiger partial charge >= 0.3 is 0 Å². The Bertz CT molecular complexity index is 842. The molecular weight excluding hydrogens is 486 g/mol. The lowest BCUT2D eigenvalue weighted by Crippen LogP contribution is -2.46. The summed E-state index contributed by atoms with van der Waals surface area (Å²) in [6, 6.07) is 8.49. The minimum Gasteiger partial charge on any atom is -0.371 e. The van der Waals surface area contributed by atoms with Crippen LogP contribution in [-0.4, -0.2) is 67.4 Å². The second-order valence-corrected chi connectivity index (χ2v) is 8.27. The van der Waals surface area contributed by atoms with Crippen LogP contribution in [0.15, 0.2) is 60.5 Å². The molecule has 2 fully saturated rings. The Kier molecular flexibility index (Phi) is 25.2. The summed E-state index contributed by atoms with van der Waals surface area (Å²) in [5, 5.41) is 3.23. The summed E-state index contributed by atoms with van der Waals surface area (Å²) in [5.41, 5.74) is 4.27. The van der Waals surface area contributed by atoms with Gasteiger partial charge in [-0.15, -0.1) is 0 Å². The van der Waals surface area contributed by atoms with Crippen LogP contribution >= 0.6 is 0 Å². The van der Waals surface area contributed by atoms with Gasteiger partial charge < -0.3 is 19.9 Å². The van der Waals surface area contributed by atoms with E-state index in [1.54, 1.807) is 11.0 Å². The molecule has 1 unspecified atom stereocenters. The first kappa shape index (κ1) is 38.4. The molecule has 1 aromatic rings. The van der Waals surface area contributed by atoms with Gasteiger partial charge in [-0.05, 0) is 37.0 Å². The third-order valence-electron chi connectivity index (χ3n) is 5.79. The van der Waals surface area contributed by atoms with E-state index in [4.69, 9.17) is 4.74 Å². The number of ether oxygens (including phenoxy) is 1. The van der Waals surface area contributed by atoms with Gasteiger partial charge in [0, 0.05) is 38.0 Å². The third-order valence-corrected chi connectivity index (χ3v) is 5.79. The number of aryl methyl sites for hydroxylation is 2. The molecule has 0 bridgehead atoms. The van der Waals surface area contributed by atoms with Crippen molar-refractivity contribution in [3.63, 3.8) is 0 Å². The Morgan fingerprint density at radius 2 is 1.77 bits per heavy atom. The maximum Gasteiger partial charge on any atom is 0.246 e. The number of morpholine rings is 1. The lowest BCUT2D eigenvalue weighted by Gasteiger charge is -2.37. The van der Waals surface area contributed by atoms with Crippen LogP contribution in [0.2, 0.25) is 0 Å². The van der Waals surface area contributed by atoms with Crippen molar-refractivity contribution in [2.45, 2.75) is 87.7 Å². The average Bonchev–Trinajstić information content (AvgIpc) is 3.01. The second kappa shape index (κ2) is 25.6. The van der Waals surface area contributed by atoms with E-state index in [0.717, 1.165) is 44.3 Å². The van der Waals surface area contributed by atoms with Crippen LogP contribution in [0, 0.1) is 6.92 Å². The smallest absolute Gasteiger partial charge is 0.246 e. The van der Waals surface area contributed by atoms with Crippen LogP contribution in [0.4, 0.5) is 0 Å². The summed E-state index contributed by atoms with van der Waals surface area (Å²) in [6.07, 6.45) is 9.13. The predicted octanol–water partition coefficient (Wildman–Crippen LogP) is 6.71. The molecule has 222 valence electrons. The van der Waals surface area contributed by atoms with Crippen molar-refractivity contribution in [1.82, 2.24) is 15.1 Å². The number of hydrogen-bond donors (Lipinski definition) is 1. The zero-order chi connectivity index (χ0) is 30.1. The number of piperazine rings is 1. The monoisotopic (exact) mass is 543 g/mol. The SMILES string of the molecule is C=C1CN(C(=O)/C=C/C2CNCCO2)CCN1/C(C=O)=C\CCC.CC.CC.CC.CCc1ccccc1C. The normalized spacial score (nSPS) is 16.8. The van der Waals surface area contributed by atoms with E-state index in [1.807, 2.05) is 58.6 Å². The van der Waals surface area contributed by atoms with E-state index in [2.05, 4.69) is 56.9 Å². The van der Waals surface area contributed by atoms with Crippen molar-refractivity contribution in [3.05, 3.63) is 71.6 Å². The second-order valence-electron chi connectivity index (χ2n) is 8.27. The maximum atomic E-state index is 12.3. The van der Waals surface area contributed by atoms with Gasteiger partial charge in [-0.3, -0.25) is 9.59 Å². The topological polar surface area (TPSA) is 61.9 Å². The molecule has 39 heavy (non-hydrogen) atoms. The molecule has 0 aliphatic carbocycles. The van der Waals surface area contributed by atoms with E-state index in [1.165, 1.54) is 11.1 Å². The van der Waals surface area contributed by atoms with Gasteiger partial charge in [-0.2, -0.15) is 0 Å². The maximum absolute atomic E-state index is 12.3. The number of carbonyl (C=O) groups excluding carboxylic acids is 2. The number of hydrogen-bond acceptors (Lipinski definition) is 5. The standard InChI is InChI=1S/C18H27N3O3.C9H12.3C2H6/c1-3-4-5-16(14-22)21-10-9-20(13-15(21)2)18(23)7-6-17-12-19-8-11-24-17;1-3-9-7-5-4-6-8(9)2;3*1-2/h5-7,14,17,19H,2-4,8-13H2,1H3;4-7H,3H2,1-2H3;3*1-2H3/b7-6+,16-5-;;;;. The van der Waals surface area contributed by atoms with Crippen molar-refractivity contribution in [2.24, 2.45) is 0 Å². The number of unbranched alkanes of at least 4 members (excludes halogenated alkanes) is 1. The van der Waals surface area contributed by atoms with E-state index < -0.39 is 0 Å². The predicted molar refractivity (Wildman–Crippen MR) is 168 cm³/mol. The molecule has 1 amide bonds. The van der Waals surface area contributed by atoms with Gasteiger partial charge in [0.2, 0.25) is 5.91 Å². The first-order chi connectivity index (χ1) is 19.0. The summed E-state index contributed by atoms with van der Waals surface area (Å²) in [7, 11) is 0. The summed E-state index contributed by atoms with van der Waals surface area (Å²) in [6.45, 7) is 26.3. The first-order valence-corrected chi connectivity index (χ1v) is 14.9. The van der Waals surface area contributed by atoms with Gasteiger partial charge in [0.25, 0.3) is 0 Å². The average molecular weight is 544 g/mol. The van der Waals surface area contributed by atoms with Crippen LogP contribution < -0.4 is 5.32 Å². The highest BCUT2D eigenvalue weighted by Gasteiger charge is 2.24. The Morgan fingerprint density at radius 1 is 1.10 bits per heavy atom. The highest BCUT2D eigenvalue weighted by molar-refractivity contribution is 5.88. The highest BCUT2D eigenvalue weighted by Crippen LogP contribution is 2.18. The molecule has 2 heterocycles. The van der Waals surface area contributed by atoms with Gasteiger partial charge in [-0.1, -0.05) is 98.7 Å². The summed E-state index contributed by atoms with van der Waals surface area (Å²) >= 11 is 0. The molecule has 1 atom stereocenters. The van der Waals surface area contributed by atoms with Crippen molar-refractivity contribution in [3.8, 4) is 0 Å². The zero-order valence-corrected chi connectivity index (χ0v) is 26.4. The molecule has 1 N–H and O–H groups in total. The van der Waals surface area contributed by atoms with Gasteiger partial charge in [0.1, 0.15) is 0 Å². The summed E-state index contributed by atoms with van der Waals surface area (Å²) in [4.78, 5) is 27.3. The van der Waals surface area contributed by atoms with E-state index in [0.29, 0.717) is 31.9 Å². The Balaban J connectivity index is 0. The lowest BCUT2D eigenvalue weighted by atomic mass is 10.1. The molecule has 2 aliphatic heterocycles. The Hall–Kier alpha value is -2.70. The number of nitrogens with one attached hydrogen (secondary N) is 1. The van der Waals surface area contributed by atoms with Crippen molar-refractivity contribution in [2.75, 3.05) is 39.3 Å². The van der Waals surface area contributed by atoms with Crippen LogP contribution in [0.1, 0.15) is 79.4 Å². The number of amides is 1. The van der Waals surface area contributed by atoms with Gasteiger partial charge in [0.15, 0.2) is 6.29 Å². The van der Waals surface area contributed by atoms with Crippen molar-refractivity contribution >= 4 is 12.2 Å². The van der Waals surface area contributed by atoms with Crippen molar-refractivity contribution in [1.29, 1.82) is 0 Å². The van der Waals surface area contributed by atoms with Crippen LogP contribution in [0.25, 0.3) is 0 Å². The van der Waals surface area contributed by atoms with E-state index in [9.17, 15) is 9.59 Å². The number of carbonyl (C=O) groups is 2. The lowest BCUT2D eigenvalue weighted by molar-refractivity contribution is -0.126. The molecule has 3 rings (SSSR count). The Labute approximate surface area is 240 Å². The molecular formula is C33H57N3O3. The number of nitrogens with zero attached hydrogens (tertiary/aromatic N) is 2. The summed E-state index contributed by atoms with van der Waals surface area (Å²) in [5.74, 6) is -0.0461. The molecule has 6 heteroatoms. The van der Waals surface area contributed by atoms with Crippen LogP contribution in [-0.2, 0) is 20.7 Å². The molecule has 0 radical (unpaired) electrons. The number of benzene rings is 1. The number of aldehydes is 1. The fraction of sp³-hybridized carbons (Fsp3) is 0.576. The molecule has 1 aromatic carbocycles. The minimum absolute atomic E-state index is 0.0461. The zero-order valence-electron chi connectivity index (χ0n) is 26.4. The van der Waals surface area contributed by atoms with Crippen LogP contribution in [0.5, 0.6) is 0 Å². The quantitative estimate of drug-likeness (QED) is 0.306. The third kappa shape index (κ3) is 15.5. The van der Waals surface area contributed by atoms with Gasteiger partial charge in [-0.25, -0.2) is 0 Å². The van der Waals surface area contributed by atoms with Gasteiger partial charge in [0.05, 0.1) is 25.0 Å². The largest absolute Gasteiger partial charge is 0.371 e. The fourth-order valence-electron chi connectivity index (χ4n) is 3.79. The minimum atomic E-state index is -0.0502. The molecule has 6 nitrogen and oxygen atoms in total. The molecule has 0 spiro atoms. The highest BCUT2D eigenvalue weighted by atomic mass is 16.5. The van der Waals surface area contributed by atoms with E-state index >= 15 is 0 Å². The molecule has 0 aromatic heterocycles. The Morgan fingerprint density at radius 3 is 2.26 bits per heavy atom. The number of rotatable bonds is 7. The number of allylic oxidation sites excluding steroid dienone is 2. The van der Waals surface area contributed by atoms with Crippen LogP contribution in [0.3, 0.4) is 0 Å². The molecule has 2 saturated heterocycles.